The molecule has 2 N–H and O–H groups in total. The Bertz CT molecular complexity index is 472. The van der Waals surface area contributed by atoms with Crippen LogP contribution in [0.2, 0.25) is 0 Å². The molecule has 2 heterocycles. The molecule has 0 aliphatic rings. The zero-order valence-electron chi connectivity index (χ0n) is 8.93. The van der Waals surface area contributed by atoms with Gasteiger partial charge in [0.2, 0.25) is 11.8 Å². The molecule has 86 valence electrons. The molecule has 16 heavy (non-hydrogen) atoms. The summed E-state index contributed by atoms with van der Waals surface area (Å²) < 4.78 is 5.52. The number of aliphatic hydroxyl groups is 1. The van der Waals surface area contributed by atoms with Crippen molar-refractivity contribution in [1.82, 2.24) is 9.97 Å². The molecule has 6 heteroatoms. The number of fused-ring (bicyclic) bond motifs is 1. The summed E-state index contributed by atoms with van der Waals surface area (Å²) in [6.45, 7) is 0.582. The molecule has 0 saturated carbocycles. The number of hydrogen-bond donors (Lipinski definition) is 2. The van der Waals surface area contributed by atoms with Crippen LogP contribution in [-0.4, -0.2) is 35.3 Å². The number of ether oxygens (including phenoxy) is 1. The molecule has 2 aromatic heterocycles. The van der Waals surface area contributed by atoms with Gasteiger partial charge in [-0.05, 0) is 11.4 Å². The average molecular weight is 239 g/mol. The van der Waals surface area contributed by atoms with E-state index >= 15 is 0 Å². The summed E-state index contributed by atoms with van der Waals surface area (Å²) in [5.74, 6) is 1.12. The lowest BCUT2D eigenvalue weighted by Gasteiger charge is -2.06. The van der Waals surface area contributed by atoms with Crippen LogP contribution in [0.3, 0.4) is 0 Å². The minimum Gasteiger partial charge on any atom is -0.477 e. The van der Waals surface area contributed by atoms with Crippen molar-refractivity contribution < 1.29 is 9.84 Å². The highest BCUT2D eigenvalue weighted by atomic mass is 32.1. The molecule has 0 bridgehead atoms. The first kappa shape index (κ1) is 11.1. The van der Waals surface area contributed by atoms with E-state index in [1.807, 2.05) is 11.4 Å². The van der Waals surface area contributed by atoms with E-state index in [2.05, 4.69) is 15.3 Å². The van der Waals surface area contributed by atoms with Crippen LogP contribution in [0.4, 0.5) is 5.95 Å². The van der Waals surface area contributed by atoms with Crippen LogP contribution in [0.5, 0.6) is 5.88 Å². The molecule has 0 aliphatic carbocycles. The fourth-order valence-electron chi connectivity index (χ4n) is 1.28. The van der Waals surface area contributed by atoms with Gasteiger partial charge in [-0.1, -0.05) is 0 Å². The molecule has 0 spiro atoms. The summed E-state index contributed by atoms with van der Waals surface area (Å²) in [4.78, 5) is 9.45. The van der Waals surface area contributed by atoms with E-state index in [1.54, 1.807) is 18.4 Å². The minimum atomic E-state index is 0.122. The zero-order valence-corrected chi connectivity index (χ0v) is 9.75. The normalized spacial score (nSPS) is 10.6. The van der Waals surface area contributed by atoms with Gasteiger partial charge >= 0.3 is 0 Å². The van der Waals surface area contributed by atoms with Gasteiger partial charge in [-0.2, -0.15) is 4.98 Å². The maximum atomic E-state index is 8.70. The SMILES string of the molecule is CNc1nc(OCCCO)c2ccsc2n1. The van der Waals surface area contributed by atoms with Gasteiger partial charge in [-0.3, -0.25) is 0 Å². The molecule has 0 fully saturated rings. The van der Waals surface area contributed by atoms with Crippen molar-refractivity contribution in [3.8, 4) is 5.88 Å². The van der Waals surface area contributed by atoms with Crippen molar-refractivity contribution in [1.29, 1.82) is 0 Å². The second-order valence-corrected chi connectivity index (χ2v) is 4.06. The monoisotopic (exact) mass is 239 g/mol. The summed E-state index contributed by atoms with van der Waals surface area (Å²) in [5, 5.41) is 14.5. The first-order chi connectivity index (χ1) is 7.85. The van der Waals surface area contributed by atoms with Gasteiger partial charge < -0.3 is 15.2 Å². The summed E-state index contributed by atoms with van der Waals surface area (Å²) in [6.07, 6.45) is 0.602. The Morgan fingerprint density at radius 1 is 1.50 bits per heavy atom. The van der Waals surface area contributed by atoms with Gasteiger partial charge in [0, 0.05) is 20.1 Å². The van der Waals surface area contributed by atoms with Gasteiger partial charge in [0.25, 0.3) is 0 Å². The number of hydrogen-bond acceptors (Lipinski definition) is 6. The largest absolute Gasteiger partial charge is 0.477 e. The number of nitrogens with zero attached hydrogens (tertiary/aromatic N) is 2. The van der Waals surface area contributed by atoms with Gasteiger partial charge in [0.05, 0.1) is 12.0 Å². The lowest BCUT2D eigenvalue weighted by molar-refractivity contribution is 0.231. The maximum absolute atomic E-state index is 8.70. The smallest absolute Gasteiger partial charge is 0.227 e. The predicted octanol–water partition coefficient (Wildman–Crippen LogP) is 1.49. The summed E-state index contributed by atoms with van der Waals surface area (Å²) in [5.41, 5.74) is 0. The van der Waals surface area contributed by atoms with Crippen LogP contribution < -0.4 is 10.1 Å². The van der Waals surface area contributed by atoms with Crippen LogP contribution in [-0.2, 0) is 0 Å². The molecular formula is C10H13N3O2S. The van der Waals surface area contributed by atoms with Gasteiger partial charge in [-0.15, -0.1) is 11.3 Å². The first-order valence-corrected chi connectivity index (χ1v) is 5.89. The standard InChI is InChI=1S/C10H13N3O2S/c1-11-10-12-8(15-5-2-4-14)7-3-6-16-9(7)13-10/h3,6,14H,2,4-5H2,1H3,(H,11,12,13). The van der Waals surface area contributed by atoms with E-state index < -0.39 is 0 Å². The van der Waals surface area contributed by atoms with E-state index in [0.29, 0.717) is 24.9 Å². The summed E-state index contributed by atoms with van der Waals surface area (Å²) in [7, 11) is 1.77. The van der Waals surface area contributed by atoms with Crippen molar-refractivity contribution in [3.05, 3.63) is 11.4 Å². The fraction of sp³-hybridized carbons (Fsp3) is 0.400. The zero-order chi connectivity index (χ0) is 11.4. The average Bonchev–Trinajstić information content (AvgIpc) is 2.77. The molecular weight excluding hydrogens is 226 g/mol. The number of rotatable bonds is 5. The maximum Gasteiger partial charge on any atom is 0.227 e. The van der Waals surface area contributed by atoms with E-state index in [4.69, 9.17) is 9.84 Å². The van der Waals surface area contributed by atoms with Gasteiger partial charge in [0.15, 0.2) is 0 Å². The van der Waals surface area contributed by atoms with Gasteiger partial charge in [-0.25, -0.2) is 4.98 Å². The molecule has 2 aromatic rings. The number of nitrogens with one attached hydrogen (secondary N) is 1. The van der Waals surface area contributed by atoms with Crippen molar-refractivity contribution in [3.63, 3.8) is 0 Å². The molecule has 5 nitrogen and oxygen atoms in total. The van der Waals surface area contributed by atoms with Crippen LogP contribution >= 0.6 is 11.3 Å². The molecule has 2 rings (SSSR count). The predicted molar refractivity (Wildman–Crippen MR) is 64.2 cm³/mol. The first-order valence-electron chi connectivity index (χ1n) is 5.02. The molecule has 0 amide bonds. The number of thiophene rings is 1. The van der Waals surface area contributed by atoms with E-state index in [1.165, 1.54) is 0 Å². The van der Waals surface area contributed by atoms with Crippen LogP contribution in [0.15, 0.2) is 11.4 Å². The van der Waals surface area contributed by atoms with Gasteiger partial charge in [0.1, 0.15) is 4.83 Å². The Balaban J connectivity index is 2.29. The Kier molecular flexibility index (Phi) is 3.53. The lowest BCUT2D eigenvalue weighted by atomic mass is 10.4. The van der Waals surface area contributed by atoms with Crippen molar-refractivity contribution >= 4 is 27.5 Å². The van der Waals surface area contributed by atoms with Crippen LogP contribution in [0, 0.1) is 0 Å². The highest BCUT2D eigenvalue weighted by Crippen LogP contribution is 2.27. The molecule has 0 atom stereocenters. The second kappa shape index (κ2) is 5.09. The highest BCUT2D eigenvalue weighted by Gasteiger charge is 2.08. The van der Waals surface area contributed by atoms with E-state index in [-0.39, 0.29) is 6.61 Å². The van der Waals surface area contributed by atoms with Crippen LogP contribution in [0.25, 0.3) is 10.2 Å². The topological polar surface area (TPSA) is 67.3 Å². The Hall–Kier alpha value is -1.40. The second-order valence-electron chi connectivity index (χ2n) is 3.17. The summed E-state index contributed by atoms with van der Waals surface area (Å²) in [6, 6.07) is 1.94. The van der Waals surface area contributed by atoms with Crippen molar-refractivity contribution in [2.24, 2.45) is 0 Å². The van der Waals surface area contributed by atoms with E-state index in [0.717, 1.165) is 10.2 Å². The molecule has 0 aromatic carbocycles. The Labute approximate surface area is 97.1 Å². The van der Waals surface area contributed by atoms with Crippen molar-refractivity contribution in [2.75, 3.05) is 25.6 Å². The number of anilines is 1. The third-order valence-electron chi connectivity index (χ3n) is 2.05. The Morgan fingerprint density at radius 3 is 3.12 bits per heavy atom. The number of aromatic nitrogens is 2. The fourth-order valence-corrected chi connectivity index (χ4v) is 2.04. The number of aliphatic hydroxyl groups excluding tert-OH is 1. The quantitative estimate of drug-likeness (QED) is 0.774. The van der Waals surface area contributed by atoms with Crippen LogP contribution in [0.1, 0.15) is 6.42 Å². The Morgan fingerprint density at radius 2 is 2.38 bits per heavy atom. The minimum absolute atomic E-state index is 0.122. The van der Waals surface area contributed by atoms with Crippen molar-refractivity contribution in [2.45, 2.75) is 6.42 Å². The molecule has 0 saturated heterocycles. The molecule has 0 unspecified atom stereocenters. The summed E-state index contributed by atoms with van der Waals surface area (Å²) >= 11 is 1.55. The highest BCUT2D eigenvalue weighted by molar-refractivity contribution is 7.16. The van der Waals surface area contributed by atoms with E-state index in [9.17, 15) is 0 Å². The lowest BCUT2D eigenvalue weighted by Crippen LogP contribution is -2.04. The third kappa shape index (κ3) is 2.23. The molecule has 0 radical (unpaired) electrons. The molecule has 0 aliphatic heterocycles. The third-order valence-corrected chi connectivity index (χ3v) is 2.86.